The summed E-state index contributed by atoms with van der Waals surface area (Å²) in [5.41, 5.74) is 2.64. The van der Waals surface area contributed by atoms with Crippen LogP contribution in [0.5, 0.6) is 0 Å². The minimum absolute atomic E-state index is 0.0385. The van der Waals surface area contributed by atoms with Crippen molar-refractivity contribution in [2.24, 2.45) is 0 Å². The van der Waals surface area contributed by atoms with E-state index in [2.05, 4.69) is 36.5 Å². The number of carbonyl (C=O) groups is 2. The van der Waals surface area contributed by atoms with Gasteiger partial charge in [-0.1, -0.05) is 42.8 Å². The van der Waals surface area contributed by atoms with E-state index in [1.54, 1.807) is 4.90 Å². The van der Waals surface area contributed by atoms with Crippen LogP contribution in [-0.2, 0) is 11.2 Å². The summed E-state index contributed by atoms with van der Waals surface area (Å²) in [4.78, 5) is 28.8. The van der Waals surface area contributed by atoms with Gasteiger partial charge in [0.2, 0.25) is 5.91 Å². The van der Waals surface area contributed by atoms with Gasteiger partial charge in [0, 0.05) is 26.2 Å². The Hall–Kier alpha value is -2.44. The Morgan fingerprint density at radius 3 is 2.37 bits per heavy atom. The number of nitrogens with one attached hydrogen (secondary N) is 1. The monoisotopic (exact) mass is 431 g/mol. The first-order valence-electron chi connectivity index (χ1n) is 10.2. The van der Waals surface area contributed by atoms with Crippen molar-refractivity contribution < 1.29 is 14.0 Å². The van der Waals surface area contributed by atoms with Crippen LogP contribution in [0.1, 0.15) is 41.4 Å². The number of rotatable bonds is 6. The van der Waals surface area contributed by atoms with Gasteiger partial charge in [0.05, 0.1) is 23.2 Å². The number of benzene rings is 2. The quantitative estimate of drug-likeness (QED) is 0.759. The highest BCUT2D eigenvalue weighted by molar-refractivity contribution is 6.33. The van der Waals surface area contributed by atoms with Crippen LogP contribution in [0.15, 0.2) is 42.5 Å². The number of piperazine rings is 1. The fourth-order valence-corrected chi connectivity index (χ4v) is 3.81. The molecule has 0 aromatic heterocycles. The molecule has 160 valence electrons. The summed E-state index contributed by atoms with van der Waals surface area (Å²) >= 11 is 6.01. The first-order chi connectivity index (χ1) is 14.4. The number of nitrogens with zero attached hydrogens (tertiary/aromatic N) is 2. The molecule has 1 N–H and O–H groups in total. The van der Waals surface area contributed by atoms with Crippen LogP contribution in [0.3, 0.4) is 0 Å². The van der Waals surface area contributed by atoms with Gasteiger partial charge in [0.15, 0.2) is 0 Å². The molecule has 1 heterocycles. The first kappa shape index (κ1) is 22.2. The molecule has 2 aromatic rings. The number of hydrogen-bond donors (Lipinski definition) is 1. The number of aryl methyl sites for hydroxylation is 1. The lowest BCUT2D eigenvalue weighted by atomic mass is 10.0. The number of carbonyl (C=O) groups excluding carboxylic acids is 2. The maximum atomic E-state index is 13.2. The minimum Gasteiger partial charge on any atom is -0.348 e. The minimum atomic E-state index is -0.470. The van der Waals surface area contributed by atoms with Gasteiger partial charge in [-0.3, -0.25) is 14.5 Å². The molecule has 1 unspecified atom stereocenters. The Morgan fingerprint density at radius 2 is 1.77 bits per heavy atom. The van der Waals surface area contributed by atoms with E-state index in [1.165, 1.54) is 17.7 Å². The normalized spacial score (nSPS) is 15.7. The number of halogens is 2. The van der Waals surface area contributed by atoms with Gasteiger partial charge >= 0.3 is 0 Å². The van der Waals surface area contributed by atoms with Gasteiger partial charge in [0.1, 0.15) is 5.82 Å². The molecule has 5 nitrogen and oxygen atoms in total. The lowest BCUT2D eigenvalue weighted by Crippen LogP contribution is -2.51. The fraction of sp³-hybridized carbons (Fsp3) is 0.391. The Bertz CT molecular complexity index is 896. The third-order valence-corrected chi connectivity index (χ3v) is 5.77. The van der Waals surface area contributed by atoms with Crippen molar-refractivity contribution in [1.29, 1.82) is 0 Å². The standard InChI is InChI=1S/C23H27ClFN3O2/c1-3-17-4-6-18(7-5-17)16(2)26-22(29)15-27-10-12-28(13-11-27)23(30)20-9-8-19(25)14-21(20)24/h4-9,14,16H,3,10-13,15H2,1-2H3,(H,26,29). The highest BCUT2D eigenvalue weighted by Crippen LogP contribution is 2.20. The maximum absolute atomic E-state index is 13.2. The Balaban J connectivity index is 1.47. The van der Waals surface area contributed by atoms with Crippen LogP contribution in [0.25, 0.3) is 0 Å². The Labute approximate surface area is 181 Å². The molecule has 1 aliphatic heterocycles. The number of hydrogen-bond acceptors (Lipinski definition) is 3. The van der Waals surface area contributed by atoms with E-state index in [0.717, 1.165) is 18.1 Å². The molecule has 1 fully saturated rings. The zero-order valence-electron chi connectivity index (χ0n) is 17.3. The molecule has 3 rings (SSSR count). The first-order valence-corrected chi connectivity index (χ1v) is 10.6. The molecule has 1 atom stereocenters. The molecule has 1 saturated heterocycles. The van der Waals surface area contributed by atoms with Crippen molar-refractivity contribution in [2.75, 3.05) is 32.7 Å². The van der Waals surface area contributed by atoms with E-state index in [9.17, 15) is 14.0 Å². The van der Waals surface area contributed by atoms with Crippen LogP contribution in [0.2, 0.25) is 5.02 Å². The van der Waals surface area contributed by atoms with Crippen molar-refractivity contribution in [1.82, 2.24) is 15.1 Å². The topological polar surface area (TPSA) is 52.7 Å². The third-order valence-electron chi connectivity index (χ3n) is 5.45. The zero-order valence-corrected chi connectivity index (χ0v) is 18.1. The molecule has 30 heavy (non-hydrogen) atoms. The zero-order chi connectivity index (χ0) is 21.7. The van der Waals surface area contributed by atoms with Gasteiger partial charge in [-0.15, -0.1) is 0 Å². The van der Waals surface area contributed by atoms with E-state index >= 15 is 0 Å². The Morgan fingerprint density at radius 1 is 1.10 bits per heavy atom. The second-order valence-corrected chi connectivity index (χ2v) is 7.98. The highest BCUT2D eigenvalue weighted by Gasteiger charge is 2.25. The molecule has 2 amide bonds. The van der Waals surface area contributed by atoms with E-state index < -0.39 is 5.82 Å². The summed E-state index contributed by atoms with van der Waals surface area (Å²) in [5.74, 6) is -0.723. The predicted octanol–water partition coefficient (Wildman–Crippen LogP) is 3.68. The van der Waals surface area contributed by atoms with Crippen LogP contribution in [0, 0.1) is 5.82 Å². The summed E-state index contributed by atoms with van der Waals surface area (Å²) in [6.07, 6.45) is 0.989. The van der Waals surface area contributed by atoms with Crippen LogP contribution in [-0.4, -0.2) is 54.3 Å². The second-order valence-electron chi connectivity index (χ2n) is 7.58. The maximum Gasteiger partial charge on any atom is 0.255 e. The molecule has 0 bridgehead atoms. The smallest absolute Gasteiger partial charge is 0.255 e. The SMILES string of the molecule is CCc1ccc(C(C)NC(=O)CN2CCN(C(=O)c3ccc(F)cc3Cl)CC2)cc1. The molecule has 7 heteroatoms. The van der Waals surface area contributed by atoms with Crippen molar-refractivity contribution in [3.63, 3.8) is 0 Å². The second kappa shape index (κ2) is 10.0. The van der Waals surface area contributed by atoms with E-state index in [1.807, 2.05) is 11.8 Å². The highest BCUT2D eigenvalue weighted by atomic mass is 35.5. The summed E-state index contributed by atoms with van der Waals surface area (Å²) in [7, 11) is 0. The summed E-state index contributed by atoms with van der Waals surface area (Å²) in [6, 6.07) is 12.0. The van der Waals surface area contributed by atoms with Crippen molar-refractivity contribution in [3.8, 4) is 0 Å². The van der Waals surface area contributed by atoms with Crippen LogP contribution < -0.4 is 5.32 Å². The van der Waals surface area contributed by atoms with Gasteiger partial charge in [0.25, 0.3) is 5.91 Å². The van der Waals surface area contributed by atoms with E-state index in [-0.39, 0.29) is 29.4 Å². The molecular formula is C23H27ClFN3O2. The van der Waals surface area contributed by atoms with Gasteiger partial charge in [-0.25, -0.2) is 4.39 Å². The van der Waals surface area contributed by atoms with Crippen LogP contribution in [0.4, 0.5) is 4.39 Å². The fourth-order valence-electron chi connectivity index (χ4n) is 3.56. The molecular weight excluding hydrogens is 405 g/mol. The van der Waals surface area contributed by atoms with Crippen LogP contribution >= 0.6 is 11.6 Å². The summed E-state index contributed by atoms with van der Waals surface area (Å²) in [6.45, 7) is 6.55. The molecule has 2 aromatic carbocycles. The van der Waals surface area contributed by atoms with Gasteiger partial charge in [-0.05, 0) is 42.7 Å². The largest absolute Gasteiger partial charge is 0.348 e. The third kappa shape index (κ3) is 5.58. The lowest BCUT2D eigenvalue weighted by molar-refractivity contribution is -0.123. The van der Waals surface area contributed by atoms with Gasteiger partial charge in [-0.2, -0.15) is 0 Å². The van der Waals surface area contributed by atoms with Crippen molar-refractivity contribution in [3.05, 3.63) is 70.0 Å². The molecule has 0 radical (unpaired) electrons. The van der Waals surface area contributed by atoms with E-state index in [0.29, 0.717) is 31.7 Å². The van der Waals surface area contributed by atoms with Crippen molar-refractivity contribution in [2.45, 2.75) is 26.3 Å². The molecule has 1 aliphatic rings. The summed E-state index contributed by atoms with van der Waals surface area (Å²) < 4.78 is 13.2. The number of amides is 2. The molecule has 0 saturated carbocycles. The average molecular weight is 432 g/mol. The Kier molecular flexibility index (Phi) is 7.45. The summed E-state index contributed by atoms with van der Waals surface area (Å²) in [5, 5.41) is 3.15. The van der Waals surface area contributed by atoms with E-state index in [4.69, 9.17) is 11.6 Å². The van der Waals surface area contributed by atoms with Gasteiger partial charge < -0.3 is 10.2 Å². The average Bonchev–Trinajstić information content (AvgIpc) is 2.74. The van der Waals surface area contributed by atoms with Crippen molar-refractivity contribution >= 4 is 23.4 Å². The predicted molar refractivity (Wildman–Crippen MR) is 116 cm³/mol. The lowest BCUT2D eigenvalue weighted by Gasteiger charge is -2.34. The molecule has 0 spiro atoms. The molecule has 0 aliphatic carbocycles.